The first-order valence-electron chi connectivity index (χ1n) is 8.00. The van der Waals surface area contributed by atoms with Crippen molar-refractivity contribution in [3.05, 3.63) is 24.3 Å². The van der Waals surface area contributed by atoms with Gasteiger partial charge in [0.05, 0.1) is 0 Å². The molecule has 1 N–H and O–H groups in total. The second-order valence-corrected chi connectivity index (χ2v) is 6.67. The van der Waals surface area contributed by atoms with Crippen LogP contribution in [-0.2, 0) is 0 Å². The van der Waals surface area contributed by atoms with E-state index in [1.165, 1.54) is 26.2 Å². The fraction of sp³-hybridized carbons (Fsp3) is 0.647. The summed E-state index contributed by atoms with van der Waals surface area (Å²) in [6.45, 7) is 11.3. The number of phenols is 1. The minimum Gasteiger partial charge on any atom is -0.508 e. The average Bonchev–Trinajstić information content (AvgIpc) is 2.99. The topological polar surface area (TPSA) is 35.9 Å². The number of hydrogen-bond acceptors (Lipinski definition) is 4. The van der Waals surface area contributed by atoms with Gasteiger partial charge in [0.2, 0.25) is 0 Å². The Kier molecular flexibility index (Phi) is 4.36. The van der Waals surface area contributed by atoms with Crippen LogP contribution in [0.5, 0.6) is 11.5 Å². The van der Waals surface area contributed by atoms with E-state index in [0.29, 0.717) is 6.04 Å². The van der Waals surface area contributed by atoms with Crippen LogP contribution in [0.3, 0.4) is 0 Å². The van der Waals surface area contributed by atoms with E-state index < -0.39 is 0 Å². The van der Waals surface area contributed by atoms with Crippen molar-refractivity contribution in [1.82, 2.24) is 9.80 Å². The van der Waals surface area contributed by atoms with Gasteiger partial charge in [0, 0.05) is 38.8 Å². The van der Waals surface area contributed by atoms with E-state index in [4.69, 9.17) is 4.74 Å². The molecule has 4 heteroatoms. The first-order chi connectivity index (χ1) is 10.1. The number of nitrogens with zero attached hydrogens (tertiary/aromatic N) is 2. The number of fused-ring (bicyclic) bond motifs is 1. The third-order valence-corrected chi connectivity index (χ3v) is 4.83. The monoisotopic (exact) mass is 290 g/mol. The molecule has 1 aromatic rings. The van der Waals surface area contributed by atoms with Crippen LogP contribution in [0.4, 0.5) is 0 Å². The van der Waals surface area contributed by atoms with Gasteiger partial charge in [-0.25, -0.2) is 0 Å². The van der Waals surface area contributed by atoms with E-state index in [-0.39, 0.29) is 5.75 Å². The lowest BCUT2D eigenvalue weighted by Gasteiger charge is -2.24. The summed E-state index contributed by atoms with van der Waals surface area (Å²) in [6.07, 6.45) is 0. The van der Waals surface area contributed by atoms with Crippen LogP contribution in [0.2, 0.25) is 0 Å². The van der Waals surface area contributed by atoms with E-state index >= 15 is 0 Å². The van der Waals surface area contributed by atoms with Gasteiger partial charge in [-0.1, -0.05) is 0 Å². The maximum atomic E-state index is 9.24. The standard InChI is InChI=1S/C17H26N2O2/c1-13(2)19-11-14-9-18(10-15(14)12-19)7-8-21-17-5-3-16(20)4-6-17/h3-6,13-15,20H,7-12H2,1-2H3. The Morgan fingerprint density at radius 3 is 2.29 bits per heavy atom. The molecule has 4 nitrogen and oxygen atoms in total. The number of ether oxygens (including phenoxy) is 1. The van der Waals surface area contributed by atoms with Gasteiger partial charge < -0.3 is 14.7 Å². The number of rotatable bonds is 5. The Hall–Kier alpha value is -1.26. The number of hydrogen-bond donors (Lipinski definition) is 1. The van der Waals surface area contributed by atoms with E-state index in [9.17, 15) is 5.11 Å². The molecule has 0 radical (unpaired) electrons. The van der Waals surface area contributed by atoms with Gasteiger partial charge in [-0.05, 0) is 49.9 Å². The molecule has 0 aliphatic carbocycles. The van der Waals surface area contributed by atoms with Gasteiger partial charge in [-0.15, -0.1) is 0 Å². The lowest BCUT2D eigenvalue weighted by molar-refractivity contribution is 0.198. The number of phenolic OH excluding ortho intramolecular Hbond substituents is 1. The largest absolute Gasteiger partial charge is 0.508 e. The first-order valence-corrected chi connectivity index (χ1v) is 8.00. The normalized spacial score (nSPS) is 26.4. The molecule has 2 saturated heterocycles. The van der Waals surface area contributed by atoms with Crippen molar-refractivity contribution >= 4 is 0 Å². The highest BCUT2D eigenvalue weighted by Crippen LogP contribution is 2.31. The Morgan fingerprint density at radius 2 is 1.71 bits per heavy atom. The quantitative estimate of drug-likeness (QED) is 0.900. The molecule has 2 heterocycles. The van der Waals surface area contributed by atoms with E-state index in [1.54, 1.807) is 12.1 Å². The van der Waals surface area contributed by atoms with Crippen LogP contribution < -0.4 is 4.74 Å². The zero-order valence-electron chi connectivity index (χ0n) is 13.0. The highest BCUT2D eigenvalue weighted by atomic mass is 16.5. The zero-order chi connectivity index (χ0) is 14.8. The van der Waals surface area contributed by atoms with E-state index in [2.05, 4.69) is 23.6 Å². The zero-order valence-corrected chi connectivity index (χ0v) is 13.0. The molecule has 1 aromatic carbocycles. The first kappa shape index (κ1) is 14.7. The second-order valence-electron chi connectivity index (χ2n) is 6.67. The summed E-state index contributed by atoms with van der Waals surface area (Å²) in [6, 6.07) is 7.64. The molecule has 0 bridgehead atoms. The van der Waals surface area contributed by atoms with Gasteiger partial charge in [-0.2, -0.15) is 0 Å². The molecule has 0 saturated carbocycles. The molecule has 0 spiro atoms. The molecule has 2 atom stereocenters. The molecule has 2 aliphatic heterocycles. The third-order valence-electron chi connectivity index (χ3n) is 4.83. The summed E-state index contributed by atoms with van der Waals surface area (Å²) in [5.41, 5.74) is 0. The van der Waals surface area contributed by atoms with E-state index in [0.717, 1.165) is 30.7 Å². The maximum absolute atomic E-state index is 9.24. The highest BCUT2D eigenvalue weighted by molar-refractivity contribution is 5.30. The van der Waals surface area contributed by atoms with E-state index in [1.807, 2.05) is 12.1 Å². The highest BCUT2D eigenvalue weighted by Gasteiger charge is 2.40. The van der Waals surface area contributed by atoms with Crippen LogP contribution in [0, 0.1) is 11.8 Å². The van der Waals surface area contributed by atoms with Crippen LogP contribution in [0.15, 0.2) is 24.3 Å². The fourth-order valence-corrected chi connectivity index (χ4v) is 3.57. The molecule has 0 amide bonds. The predicted octanol–water partition coefficient (Wildman–Crippen LogP) is 2.04. The molecule has 2 aliphatic rings. The summed E-state index contributed by atoms with van der Waals surface area (Å²) in [4.78, 5) is 5.15. The number of benzene rings is 1. The minimum absolute atomic E-state index is 0.282. The van der Waals surface area contributed by atoms with Gasteiger partial charge in [0.1, 0.15) is 18.1 Å². The van der Waals surface area contributed by atoms with Crippen molar-refractivity contribution in [2.45, 2.75) is 19.9 Å². The van der Waals surface area contributed by atoms with Gasteiger partial charge in [-0.3, -0.25) is 4.90 Å². The molecule has 0 aromatic heterocycles. The smallest absolute Gasteiger partial charge is 0.119 e. The Bertz CT molecular complexity index is 446. The third kappa shape index (κ3) is 3.50. The molecule has 2 fully saturated rings. The summed E-state index contributed by atoms with van der Waals surface area (Å²) in [7, 11) is 0. The predicted molar refractivity (Wildman–Crippen MR) is 83.7 cm³/mol. The molecule has 2 unspecified atom stereocenters. The maximum Gasteiger partial charge on any atom is 0.119 e. The van der Waals surface area contributed by atoms with Crippen molar-refractivity contribution < 1.29 is 9.84 Å². The van der Waals surface area contributed by atoms with Crippen LogP contribution in [0.1, 0.15) is 13.8 Å². The molecule has 3 rings (SSSR count). The van der Waals surface area contributed by atoms with Gasteiger partial charge in [0.25, 0.3) is 0 Å². The minimum atomic E-state index is 0.282. The lowest BCUT2D eigenvalue weighted by atomic mass is 10.0. The molecule has 21 heavy (non-hydrogen) atoms. The Balaban J connectivity index is 1.40. The van der Waals surface area contributed by atoms with Gasteiger partial charge in [0.15, 0.2) is 0 Å². The van der Waals surface area contributed by atoms with Crippen LogP contribution >= 0.6 is 0 Å². The second kappa shape index (κ2) is 6.24. The molecular weight excluding hydrogens is 264 g/mol. The fourth-order valence-electron chi connectivity index (χ4n) is 3.57. The van der Waals surface area contributed by atoms with Crippen molar-refractivity contribution in [3.63, 3.8) is 0 Å². The Morgan fingerprint density at radius 1 is 1.10 bits per heavy atom. The summed E-state index contributed by atoms with van der Waals surface area (Å²) in [5.74, 6) is 2.81. The van der Waals surface area contributed by atoms with Crippen LogP contribution in [-0.4, -0.2) is 60.3 Å². The Labute approximate surface area is 127 Å². The number of likely N-dealkylation sites (tertiary alicyclic amines) is 2. The lowest BCUT2D eigenvalue weighted by Crippen LogP contribution is -2.34. The summed E-state index contributed by atoms with van der Waals surface area (Å²) in [5, 5.41) is 9.24. The molecular formula is C17H26N2O2. The average molecular weight is 290 g/mol. The van der Waals surface area contributed by atoms with Gasteiger partial charge >= 0.3 is 0 Å². The van der Waals surface area contributed by atoms with Crippen molar-refractivity contribution in [1.29, 1.82) is 0 Å². The van der Waals surface area contributed by atoms with Crippen molar-refractivity contribution in [3.8, 4) is 11.5 Å². The van der Waals surface area contributed by atoms with Crippen molar-refractivity contribution in [2.75, 3.05) is 39.3 Å². The van der Waals surface area contributed by atoms with Crippen LogP contribution in [0.25, 0.3) is 0 Å². The number of aromatic hydroxyl groups is 1. The summed E-state index contributed by atoms with van der Waals surface area (Å²) < 4.78 is 5.74. The SMILES string of the molecule is CC(C)N1CC2CN(CCOc3ccc(O)cc3)CC2C1. The van der Waals surface area contributed by atoms with Crippen molar-refractivity contribution in [2.24, 2.45) is 11.8 Å². The summed E-state index contributed by atoms with van der Waals surface area (Å²) >= 11 is 0. The molecule has 116 valence electrons.